The van der Waals surface area contributed by atoms with Crippen LogP contribution in [0, 0.1) is 0 Å². The van der Waals surface area contributed by atoms with Gasteiger partial charge in [0.15, 0.2) is 0 Å². The number of amides is 1. The molecule has 0 radical (unpaired) electrons. The summed E-state index contributed by atoms with van der Waals surface area (Å²) in [7, 11) is 0. The van der Waals surface area contributed by atoms with Gasteiger partial charge in [0, 0.05) is 29.6 Å². The first-order valence-electron chi connectivity index (χ1n) is 8.71. The highest BCUT2D eigenvalue weighted by atomic mass is 35.5. The van der Waals surface area contributed by atoms with Crippen molar-refractivity contribution >= 4 is 40.3 Å². The SMILES string of the molecule is CC(=N[S+]([O-])C(C)(C)C)c1ccc2c(c1)CCN2C(=O)c1ccnc(Cl)c1. The lowest BCUT2D eigenvalue weighted by Crippen LogP contribution is -2.28. The predicted molar refractivity (Wildman–Crippen MR) is 111 cm³/mol. The Balaban J connectivity index is 1.85. The summed E-state index contributed by atoms with van der Waals surface area (Å²) in [5.74, 6) is -0.0926. The Hall–Kier alpha value is -1.89. The van der Waals surface area contributed by atoms with Crippen LogP contribution in [-0.2, 0) is 17.8 Å². The Kier molecular flexibility index (Phi) is 5.60. The minimum absolute atomic E-state index is 0.0926. The Morgan fingerprint density at radius 3 is 2.67 bits per heavy atom. The van der Waals surface area contributed by atoms with E-state index in [1.807, 2.05) is 45.9 Å². The molecule has 1 aromatic carbocycles. The van der Waals surface area contributed by atoms with Crippen LogP contribution >= 0.6 is 11.6 Å². The van der Waals surface area contributed by atoms with Crippen molar-refractivity contribution in [3.05, 3.63) is 58.4 Å². The van der Waals surface area contributed by atoms with Crippen LogP contribution in [0.1, 0.15) is 49.2 Å². The second-order valence-corrected chi connectivity index (χ2v) is 9.75. The quantitative estimate of drug-likeness (QED) is 0.438. The molecule has 1 aliphatic heterocycles. The Morgan fingerprint density at radius 2 is 2.00 bits per heavy atom. The van der Waals surface area contributed by atoms with Crippen molar-refractivity contribution in [1.82, 2.24) is 4.98 Å². The van der Waals surface area contributed by atoms with Gasteiger partial charge in [-0.2, -0.15) is 0 Å². The molecule has 7 heteroatoms. The van der Waals surface area contributed by atoms with E-state index in [1.54, 1.807) is 17.0 Å². The van der Waals surface area contributed by atoms with E-state index in [-0.39, 0.29) is 5.91 Å². The van der Waals surface area contributed by atoms with Crippen LogP contribution in [0.25, 0.3) is 0 Å². The van der Waals surface area contributed by atoms with Crippen LogP contribution in [-0.4, -0.2) is 32.4 Å². The van der Waals surface area contributed by atoms with Crippen molar-refractivity contribution in [2.45, 2.75) is 38.9 Å². The average Bonchev–Trinajstić information content (AvgIpc) is 3.03. The standard InChI is InChI=1S/C20H22ClN3O2S/c1-13(23-27(26)20(2,3)4)14-5-6-17-15(11-14)8-10-24(17)19(25)16-7-9-22-18(21)12-16/h5-7,9,11-12H,8,10H2,1-4H3. The lowest BCUT2D eigenvalue weighted by atomic mass is 10.1. The molecule has 142 valence electrons. The number of pyridine rings is 1. The van der Waals surface area contributed by atoms with Gasteiger partial charge in [0.25, 0.3) is 5.91 Å². The van der Waals surface area contributed by atoms with Gasteiger partial charge in [-0.05, 0) is 63.9 Å². The van der Waals surface area contributed by atoms with Crippen LogP contribution in [0.2, 0.25) is 5.15 Å². The second-order valence-electron chi connectivity index (χ2n) is 7.46. The normalized spacial score (nSPS) is 15.6. The molecule has 5 nitrogen and oxygen atoms in total. The fourth-order valence-corrected chi connectivity index (χ4v) is 3.65. The molecule has 1 aromatic heterocycles. The lowest BCUT2D eigenvalue weighted by molar-refractivity contribution is 0.0989. The van der Waals surface area contributed by atoms with Gasteiger partial charge in [0.05, 0.1) is 5.71 Å². The first-order chi connectivity index (χ1) is 12.7. The average molecular weight is 404 g/mol. The zero-order valence-electron chi connectivity index (χ0n) is 15.8. The molecule has 2 heterocycles. The van der Waals surface area contributed by atoms with Crippen LogP contribution < -0.4 is 4.90 Å². The van der Waals surface area contributed by atoms with Gasteiger partial charge >= 0.3 is 0 Å². The van der Waals surface area contributed by atoms with Gasteiger partial charge in [-0.1, -0.05) is 22.1 Å². The molecule has 0 saturated heterocycles. The highest BCUT2D eigenvalue weighted by molar-refractivity contribution is 7.91. The molecule has 0 N–H and O–H groups in total. The molecule has 1 aliphatic rings. The van der Waals surface area contributed by atoms with Gasteiger partial charge in [-0.15, -0.1) is 0 Å². The summed E-state index contributed by atoms with van der Waals surface area (Å²) in [5, 5.41) is 0.300. The number of benzene rings is 1. The van der Waals surface area contributed by atoms with E-state index in [4.69, 9.17) is 11.6 Å². The summed E-state index contributed by atoms with van der Waals surface area (Å²) in [6, 6.07) is 9.12. The number of carbonyl (C=O) groups excluding carboxylic acids is 1. The van der Waals surface area contributed by atoms with Crippen LogP contribution in [0.4, 0.5) is 5.69 Å². The van der Waals surface area contributed by atoms with Gasteiger partial charge in [-0.3, -0.25) is 4.79 Å². The lowest BCUT2D eigenvalue weighted by Gasteiger charge is -2.19. The highest BCUT2D eigenvalue weighted by Gasteiger charge is 2.28. The molecule has 0 aliphatic carbocycles. The topological polar surface area (TPSA) is 68.6 Å². The zero-order valence-corrected chi connectivity index (χ0v) is 17.4. The third kappa shape index (κ3) is 4.34. The van der Waals surface area contributed by atoms with Crippen LogP contribution in [0.3, 0.4) is 0 Å². The molecule has 27 heavy (non-hydrogen) atoms. The summed E-state index contributed by atoms with van der Waals surface area (Å²) in [5.41, 5.74) is 4.15. The number of hydrogen-bond donors (Lipinski definition) is 0. The van der Waals surface area contributed by atoms with Crippen molar-refractivity contribution in [2.24, 2.45) is 4.40 Å². The third-order valence-electron chi connectivity index (χ3n) is 4.36. The molecule has 1 amide bonds. The maximum absolute atomic E-state index is 12.8. The number of carbonyl (C=O) groups is 1. The van der Waals surface area contributed by atoms with Gasteiger partial charge < -0.3 is 9.45 Å². The molecule has 0 bridgehead atoms. The van der Waals surface area contributed by atoms with E-state index in [0.717, 1.165) is 28.9 Å². The number of fused-ring (bicyclic) bond motifs is 1. The van der Waals surface area contributed by atoms with Gasteiger partial charge in [0.1, 0.15) is 21.3 Å². The minimum Gasteiger partial charge on any atom is -0.591 e. The summed E-state index contributed by atoms with van der Waals surface area (Å²) in [4.78, 5) is 18.5. The first kappa shape index (κ1) is 19.9. The molecule has 0 saturated carbocycles. The van der Waals surface area contributed by atoms with Crippen molar-refractivity contribution in [3.63, 3.8) is 0 Å². The smallest absolute Gasteiger partial charge is 0.258 e. The number of aromatic nitrogens is 1. The first-order valence-corrected chi connectivity index (χ1v) is 10.2. The van der Waals surface area contributed by atoms with Crippen molar-refractivity contribution in [1.29, 1.82) is 0 Å². The summed E-state index contributed by atoms with van der Waals surface area (Å²) in [6.07, 6.45) is 2.30. The van der Waals surface area contributed by atoms with Crippen LogP contribution in [0.15, 0.2) is 40.9 Å². The Bertz CT molecular complexity index is 908. The second kappa shape index (κ2) is 7.62. The molecule has 1 unspecified atom stereocenters. The van der Waals surface area contributed by atoms with Crippen molar-refractivity contribution in [3.8, 4) is 0 Å². The molecular weight excluding hydrogens is 382 g/mol. The monoisotopic (exact) mass is 403 g/mol. The van der Waals surface area contributed by atoms with E-state index in [1.165, 1.54) is 6.20 Å². The Morgan fingerprint density at radius 1 is 1.26 bits per heavy atom. The van der Waals surface area contributed by atoms with Crippen molar-refractivity contribution in [2.75, 3.05) is 11.4 Å². The third-order valence-corrected chi connectivity index (χ3v) is 6.05. The fourth-order valence-electron chi connectivity index (χ4n) is 2.84. The molecule has 2 aromatic rings. The molecular formula is C20H22ClN3O2S. The fraction of sp³-hybridized carbons (Fsp3) is 0.350. The molecule has 0 fully saturated rings. The summed E-state index contributed by atoms with van der Waals surface area (Å²) in [6.45, 7) is 8.18. The minimum atomic E-state index is -1.30. The summed E-state index contributed by atoms with van der Waals surface area (Å²) < 4.78 is 16.2. The van der Waals surface area contributed by atoms with E-state index in [9.17, 15) is 9.35 Å². The molecule has 3 rings (SSSR count). The molecule has 0 spiro atoms. The van der Waals surface area contributed by atoms with Gasteiger partial charge in [-0.25, -0.2) is 4.98 Å². The zero-order chi connectivity index (χ0) is 19.8. The van der Waals surface area contributed by atoms with Crippen molar-refractivity contribution < 1.29 is 9.35 Å². The van der Waals surface area contributed by atoms with E-state index in [0.29, 0.717) is 17.3 Å². The van der Waals surface area contributed by atoms with E-state index in [2.05, 4.69) is 9.38 Å². The predicted octanol–water partition coefficient (Wildman–Crippen LogP) is 4.21. The number of hydrogen-bond acceptors (Lipinski definition) is 4. The number of nitrogens with zero attached hydrogens (tertiary/aromatic N) is 3. The maximum atomic E-state index is 12.8. The molecule has 1 atom stereocenters. The van der Waals surface area contributed by atoms with E-state index >= 15 is 0 Å². The number of anilines is 1. The number of rotatable bonds is 3. The highest BCUT2D eigenvalue weighted by Crippen LogP contribution is 2.31. The number of halogens is 1. The van der Waals surface area contributed by atoms with E-state index < -0.39 is 16.1 Å². The maximum Gasteiger partial charge on any atom is 0.258 e. The van der Waals surface area contributed by atoms with Crippen LogP contribution in [0.5, 0.6) is 0 Å². The summed E-state index contributed by atoms with van der Waals surface area (Å²) >= 11 is 4.60. The largest absolute Gasteiger partial charge is 0.591 e. The Labute approximate surface area is 167 Å². The van der Waals surface area contributed by atoms with Gasteiger partial charge in [0.2, 0.25) is 0 Å².